The van der Waals surface area contributed by atoms with Gasteiger partial charge >= 0.3 is 0 Å². The lowest BCUT2D eigenvalue weighted by molar-refractivity contribution is -0.114. The van der Waals surface area contributed by atoms with E-state index in [1.165, 1.54) is 38.3 Å². The van der Waals surface area contributed by atoms with Gasteiger partial charge in [0.15, 0.2) is 0 Å². The molecule has 0 saturated carbocycles. The summed E-state index contributed by atoms with van der Waals surface area (Å²) in [5.74, 6) is 0.0586. The van der Waals surface area contributed by atoms with E-state index in [1.54, 1.807) is 12.1 Å². The van der Waals surface area contributed by atoms with E-state index in [0.29, 0.717) is 11.4 Å². The van der Waals surface area contributed by atoms with Crippen molar-refractivity contribution in [2.24, 2.45) is 0 Å². The summed E-state index contributed by atoms with van der Waals surface area (Å²) in [6.07, 6.45) is 0. The van der Waals surface area contributed by atoms with Crippen molar-refractivity contribution in [2.45, 2.75) is 11.8 Å². The molecule has 2 aromatic carbocycles. The zero-order chi connectivity index (χ0) is 17.9. The molecular formula is C15H14Cl2N2O4S. The van der Waals surface area contributed by atoms with Gasteiger partial charge < -0.3 is 10.1 Å². The Balaban J connectivity index is 2.29. The minimum Gasteiger partial charge on any atom is -0.495 e. The molecule has 1 amide bonds. The Labute approximate surface area is 149 Å². The fraction of sp³-hybridized carbons (Fsp3) is 0.133. The van der Waals surface area contributed by atoms with E-state index in [1.807, 2.05) is 0 Å². The van der Waals surface area contributed by atoms with Gasteiger partial charge in [-0.2, -0.15) is 0 Å². The normalized spacial score (nSPS) is 11.0. The van der Waals surface area contributed by atoms with E-state index in [4.69, 9.17) is 27.9 Å². The Kier molecular flexibility index (Phi) is 5.58. The SMILES string of the molecule is COc1ccc(S(=O)(=O)Nc2ccc(NC(C)=O)cc2)c(Cl)c1Cl. The van der Waals surface area contributed by atoms with Gasteiger partial charge in [0.2, 0.25) is 5.91 Å². The smallest absolute Gasteiger partial charge is 0.263 e. The maximum Gasteiger partial charge on any atom is 0.263 e. The van der Waals surface area contributed by atoms with Crippen LogP contribution in [0.25, 0.3) is 0 Å². The quantitative estimate of drug-likeness (QED) is 0.816. The van der Waals surface area contributed by atoms with Gasteiger partial charge in [0.05, 0.1) is 12.1 Å². The van der Waals surface area contributed by atoms with Crippen LogP contribution in [-0.2, 0) is 14.8 Å². The number of ether oxygens (including phenoxy) is 1. The second-order valence-electron chi connectivity index (χ2n) is 4.76. The van der Waals surface area contributed by atoms with Crippen LogP contribution < -0.4 is 14.8 Å². The second-order valence-corrected chi connectivity index (χ2v) is 7.16. The number of carbonyl (C=O) groups excluding carboxylic acids is 1. The molecule has 0 aliphatic carbocycles. The molecular weight excluding hydrogens is 375 g/mol. The number of amides is 1. The van der Waals surface area contributed by atoms with Crippen LogP contribution in [0.5, 0.6) is 5.75 Å². The minimum atomic E-state index is -3.94. The predicted molar refractivity (Wildman–Crippen MR) is 94.6 cm³/mol. The van der Waals surface area contributed by atoms with Crippen LogP contribution in [0.15, 0.2) is 41.3 Å². The molecule has 0 atom stereocenters. The lowest BCUT2D eigenvalue weighted by Crippen LogP contribution is -2.14. The Morgan fingerprint density at radius 2 is 1.58 bits per heavy atom. The van der Waals surface area contributed by atoms with Crippen molar-refractivity contribution in [3.05, 3.63) is 46.4 Å². The van der Waals surface area contributed by atoms with Gasteiger partial charge in [-0.1, -0.05) is 23.2 Å². The lowest BCUT2D eigenvalue weighted by atomic mass is 10.3. The van der Waals surface area contributed by atoms with Crippen molar-refractivity contribution in [1.29, 1.82) is 0 Å². The maximum absolute atomic E-state index is 12.5. The van der Waals surface area contributed by atoms with Gasteiger partial charge in [-0.25, -0.2) is 8.42 Å². The van der Waals surface area contributed by atoms with Crippen molar-refractivity contribution in [1.82, 2.24) is 0 Å². The first-order valence-corrected chi connectivity index (χ1v) is 8.91. The average molecular weight is 389 g/mol. The molecule has 2 N–H and O–H groups in total. The molecule has 6 nitrogen and oxygen atoms in total. The molecule has 0 heterocycles. The number of nitrogens with one attached hydrogen (secondary N) is 2. The summed E-state index contributed by atoms with van der Waals surface area (Å²) < 4.78 is 32.3. The number of rotatable bonds is 5. The van der Waals surface area contributed by atoms with Gasteiger partial charge in [0.1, 0.15) is 15.7 Å². The van der Waals surface area contributed by atoms with Gasteiger partial charge in [-0.15, -0.1) is 0 Å². The molecule has 2 rings (SSSR count). The molecule has 0 radical (unpaired) electrons. The van der Waals surface area contributed by atoms with Gasteiger partial charge in [-0.3, -0.25) is 9.52 Å². The van der Waals surface area contributed by atoms with E-state index < -0.39 is 10.0 Å². The minimum absolute atomic E-state index is 0.0167. The Morgan fingerprint density at radius 1 is 1.00 bits per heavy atom. The van der Waals surface area contributed by atoms with Crippen molar-refractivity contribution < 1.29 is 17.9 Å². The van der Waals surface area contributed by atoms with Crippen molar-refractivity contribution in [2.75, 3.05) is 17.1 Å². The molecule has 0 aliphatic heterocycles. The fourth-order valence-corrected chi connectivity index (χ4v) is 3.81. The van der Waals surface area contributed by atoms with Gasteiger partial charge in [0.25, 0.3) is 10.0 Å². The molecule has 0 aromatic heterocycles. The Morgan fingerprint density at radius 3 is 2.12 bits per heavy atom. The second kappa shape index (κ2) is 7.29. The van der Waals surface area contributed by atoms with Crippen LogP contribution in [0.4, 0.5) is 11.4 Å². The zero-order valence-corrected chi connectivity index (χ0v) is 15.1. The third-order valence-corrected chi connectivity index (χ3v) is 5.38. The molecule has 0 unspecified atom stereocenters. The number of methoxy groups -OCH3 is 1. The number of anilines is 2. The van der Waals surface area contributed by atoms with E-state index >= 15 is 0 Å². The number of sulfonamides is 1. The first-order chi connectivity index (χ1) is 11.2. The first-order valence-electron chi connectivity index (χ1n) is 6.67. The number of carbonyl (C=O) groups is 1. The molecule has 24 heavy (non-hydrogen) atoms. The largest absolute Gasteiger partial charge is 0.495 e. The van der Waals surface area contributed by atoms with E-state index in [9.17, 15) is 13.2 Å². The van der Waals surface area contributed by atoms with Crippen LogP contribution >= 0.6 is 23.2 Å². The highest BCUT2D eigenvalue weighted by molar-refractivity contribution is 7.92. The standard InChI is InChI=1S/C15H14Cl2N2O4S/c1-9(20)18-10-3-5-11(6-4-10)19-24(21,22)13-8-7-12(23-2)14(16)15(13)17/h3-8,19H,1-2H3,(H,18,20). The van der Waals surface area contributed by atoms with Crippen LogP contribution in [0.2, 0.25) is 10.0 Å². The monoisotopic (exact) mass is 388 g/mol. The molecule has 128 valence electrons. The highest BCUT2D eigenvalue weighted by Crippen LogP contribution is 2.37. The predicted octanol–water partition coefficient (Wildman–Crippen LogP) is 3.76. The zero-order valence-electron chi connectivity index (χ0n) is 12.8. The molecule has 0 spiro atoms. The highest BCUT2D eigenvalue weighted by atomic mass is 35.5. The molecule has 0 aliphatic rings. The first kappa shape index (κ1) is 18.4. The fourth-order valence-electron chi connectivity index (χ4n) is 1.91. The summed E-state index contributed by atoms with van der Waals surface area (Å²) in [5, 5.41) is 2.48. The van der Waals surface area contributed by atoms with E-state index in [2.05, 4.69) is 10.0 Å². The molecule has 0 fully saturated rings. The third kappa shape index (κ3) is 4.11. The van der Waals surface area contributed by atoms with Crippen LogP contribution in [0.3, 0.4) is 0 Å². The lowest BCUT2D eigenvalue weighted by Gasteiger charge is -2.12. The van der Waals surface area contributed by atoms with Crippen LogP contribution in [-0.4, -0.2) is 21.4 Å². The van der Waals surface area contributed by atoms with Crippen molar-refractivity contribution in [3.8, 4) is 5.75 Å². The molecule has 0 bridgehead atoms. The Hall–Kier alpha value is -1.96. The number of halogens is 2. The topological polar surface area (TPSA) is 84.5 Å². The van der Waals surface area contributed by atoms with Crippen molar-refractivity contribution in [3.63, 3.8) is 0 Å². The summed E-state index contributed by atoms with van der Waals surface area (Å²) in [5.41, 5.74) is 0.864. The highest BCUT2D eigenvalue weighted by Gasteiger charge is 2.22. The van der Waals surface area contributed by atoms with E-state index in [-0.39, 0.29) is 26.6 Å². The Bertz CT molecular complexity index is 868. The van der Waals surface area contributed by atoms with Crippen LogP contribution in [0, 0.1) is 0 Å². The number of hydrogen-bond acceptors (Lipinski definition) is 4. The number of hydrogen-bond donors (Lipinski definition) is 2. The van der Waals surface area contributed by atoms with E-state index in [0.717, 1.165) is 0 Å². The summed E-state index contributed by atoms with van der Waals surface area (Å²) in [7, 11) is -2.53. The summed E-state index contributed by atoms with van der Waals surface area (Å²) in [6.45, 7) is 1.38. The van der Waals surface area contributed by atoms with Crippen molar-refractivity contribution >= 4 is 50.5 Å². The maximum atomic E-state index is 12.5. The van der Waals surface area contributed by atoms with Gasteiger partial charge in [0, 0.05) is 18.3 Å². The average Bonchev–Trinajstić information content (AvgIpc) is 2.51. The summed E-state index contributed by atoms with van der Waals surface area (Å²) in [6, 6.07) is 8.90. The van der Waals surface area contributed by atoms with Gasteiger partial charge in [-0.05, 0) is 36.4 Å². The summed E-state index contributed by atoms with van der Waals surface area (Å²) >= 11 is 12.0. The molecule has 9 heteroatoms. The molecule has 2 aromatic rings. The molecule has 0 saturated heterocycles. The number of benzene rings is 2. The summed E-state index contributed by atoms with van der Waals surface area (Å²) in [4.78, 5) is 10.8. The third-order valence-electron chi connectivity index (χ3n) is 2.98. The van der Waals surface area contributed by atoms with Crippen LogP contribution in [0.1, 0.15) is 6.92 Å².